The molecule has 0 amide bonds. The molecule has 3 heteroatoms. The van der Waals surface area contributed by atoms with E-state index in [9.17, 15) is 5.11 Å². The van der Waals surface area contributed by atoms with E-state index in [1.807, 2.05) is 6.92 Å². The molecule has 14 heavy (non-hydrogen) atoms. The molecule has 1 heterocycles. The first kappa shape index (κ1) is 10.4. The number of hydrogen-bond acceptors (Lipinski definition) is 3. The van der Waals surface area contributed by atoms with Gasteiger partial charge in [-0.1, -0.05) is 0 Å². The standard InChI is InChI=1S/C11H22N2O/c1-9(14)7-13-6-2-3-11(8-13)12-10-4-5-10/h9-12,14H,2-8H2,1H3. The molecule has 2 rings (SSSR count). The molecule has 2 fully saturated rings. The Morgan fingerprint density at radius 2 is 2.14 bits per heavy atom. The van der Waals surface area contributed by atoms with Crippen molar-refractivity contribution < 1.29 is 5.11 Å². The van der Waals surface area contributed by atoms with Crippen LogP contribution in [0.25, 0.3) is 0 Å². The summed E-state index contributed by atoms with van der Waals surface area (Å²) < 4.78 is 0. The Morgan fingerprint density at radius 3 is 2.79 bits per heavy atom. The number of piperidine rings is 1. The molecule has 2 unspecified atom stereocenters. The summed E-state index contributed by atoms with van der Waals surface area (Å²) in [7, 11) is 0. The van der Waals surface area contributed by atoms with Crippen LogP contribution in [-0.4, -0.2) is 47.8 Å². The Balaban J connectivity index is 1.71. The maximum Gasteiger partial charge on any atom is 0.0639 e. The zero-order chi connectivity index (χ0) is 9.97. The van der Waals surface area contributed by atoms with Crippen molar-refractivity contribution in [1.82, 2.24) is 10.2 Å². The molecule has 1 aliphatic heterocycles. The van der Waals surface area contributed by atoms with Gasteiger partial charge in [-0.05, 0) is 39.2 Å². The number of nitrogens with zero attached hydrogens (tertiary/aromatic N) is 1. The van der Waals surface area contributed by atoms with E-state index < -0.39 is 0 Å². The van der Waals surface area contributed by atoms with Crippen LogP contribution in [0.3, 0.4) is 0 Å². The number of aliphatic hydroxyl groups is 1. The average Bonchev–Trinajstić information content (AvgIpc) is 2.87. The second-order valence-corrected chi connectivity index (χ2v) is 4.89. The van der Waals surface area contributed by atoms with E-state index in [4.69, 9.17) is 0 Å². The molecule has 82 valence electrons. The van der Waals surface area contributed by atoms with Crippen molar-refractivity contribution in [3.8, 4) is 0 Å². The number of rotatable bonds is 4. The van der Waals surface area contributed by atoms with E-state index in [1.165, 1.54) is 25.7 Å². The van der Waals surface area contributed by atoms with E-state index in [0.29, 0.717) is 6.04 Å². The summed E-state index contributed by atoms with van der Waals surface area (Å²) in [5.41, 5.74) is 0. The Morgan fingerprint density at radius 1 is 1.36 bits per heavy atom. The minimum absolute atomic E-state index is 0.185. The third-order valence-corrected chi connectivity index (χ3v) is 3.08. The second-order valence-electron chi connectivity index (χ2n) is 4.89. The minimum Gasteiger partial charge on any atom is -0.392 e. The van der Waals surface area contributed by atoms with Crippen molar-refractivity contribution in [1.29, 1.82) is 0 Å². The van der Waals surface area contributed by atoms with Crippen LogP contribution in [0.1, 0.15) is 32.6 Å². The third-order valence-electron chi connectivity index (χ3n) is 3.08. The van der Waals surface area contributed by atoms with Crippen LogP contribution in [0, 0.1) is 0 Å². The van der Waals surface area contributed by atoms with Crippen LogP contribution in [0.15, 0.2) is 0 Å². The Kier molecular flexibility index (Phi) is 3.42. The van der Waals surface area contributed by atoms with Gasteiger partial charge in [0.1, 0.15) is 0 Å². The molecular formula is C11H22N2O. The summed E-state index contributed by atoms with van der Waals surface area (Å²) in [5.74, 6) is 0. The highest BCUT2D eigenvalue weighted by atomic mass is 16.3. The predicted molar refractivity (Wildman–Crippen MR) is 57.3 cm³/mol. The molecule has 1 saturated carbocycles. The van der Waals surface area contributed by atoms with Crippen molar-refractivity contribution in [3.05, 3.63) is 0 Å². The fourth-order valence-corrected chi connectivity index (χ4v) is 2.31. The zero-order valence-corrected chi connectivity index (χ0v) is 9.08. The molecule has 0 aromatic rings. The molecule has 2 atom stereocenters. The lowest BCUT2D eigenvalue weighted by Crippen LogP contribution is -2.48. The molecule has 0 spiro atoms. The highest BCUT2D eigenvalue weighted by Gasteiger charge is 2.27. The van der Waals surface area contributed by atoms with Gasteiger partial charge in [0.05, 0.1) is 6.10 Å². The van der Waals surface area contributed by atoms with Crippen molar-refractivity contribution in [3.63, 3.8) is 0 Å². The fraction of sp³-hybridized carbons (Fsp3) is 1.00. The maximum atomic E-state index is 9.32. The number of aliphatic hydroxyl groups excluding tert-OH is 1. The molecule has 1 aliphatic carbocycles. The first-order valence-electron chi connectivity index (χ1n) is 5.90. The molecule has 3 nitrogen and oxygen atoms in total. The summed E-state index contributed by atoms with van der Waals surface area (Å²) in [6.45, 7) is 5.00. The van der Waals surface area contributed by atoms with E-state index in [1.54, 1.807) is 0 Å². The van der Waals surface area contributed by atoms with Crippen LogP contribution < -0.4 is 5.32 Å². The quantitative estimate of drug-likeness (QED) is 0.694. The lowest BCUT2D eigenvalue weighted by molar-refractivity contribution is 0.102. The van der Waals surface area contributed by atoms with Gasteiger partial charge >= 0.3 is 0 Å². The van der Waals surface area contributed by atoms with Gasteiger partial charge in [-0.25, -0.2) is 0 Å². The lowest BCUT2D eigenvalue weighted by atomic mass is 10.1. The monoisotopic (exact) mass is 198 g/mol. The maximum absolute atomic E-state index is 9.32. The second kappa shape index (κ2) is 4.60. The molecule has 1 saturated heterocycles. The first-order valence-corrected chi connectivity index (χ1v) is 5.90. The summed E-state index contributed by atoms with van der Waals surface area (Å²) in [6.07, 6.45) is 5.14. The summed E-state index contributed by atoms with van der Waals surface area (Å²) in [4.78, 5) is 2.38. The average molecular weight is 198 g/mol. The minimum atomic E-state index is -0.185. The molecule has 0 aromatic heterocycles. The molecular weight excluding hydrogens is 176 g/mol. The van der Waals surface area contributed by atoms with E-state index >= 15 is 0 Å². The molecule has 0 bridgehead atoms. The van der Waals surface area contributed by atoms with Crippen LogP contribution in [-0.2, 0) is 0 Å². The van der Waals surface area contributed by atoms with Gasteiger partial charge in [0.25, 0.3) is 0 Å². The fourth-order valence-electron chi connectivity index (χ4n) is 2.31. The van der Waals surface area contributed by atoms with Gasteiger partial charge in [-0.15, -0.1) is 0 Å². The van der Waals surface area contributed by atoms with Gasteiger partial charge in [-0.2, -0.15) is 0 Å². The van der Waals surface area contributed by atoms with Crippen LogP contribution in [0.4, 0.5) is 0 Å². The normalized spacial score (nSPS) is 31.7. The summed E-state index contributed by atoms with van der Waals surface area (Å²) >= 11 is 0. The Bertz CT molecular complexity index is 170. The molecule has 0 radical (unpaired) electrons. The van der Waals surface area contributed by atoms with Crippen molar-refractivity contribution in [2.24, 2.45) is 0 Å². The van der Waals surface area contributed by atoms with Gasteiger partial charge < -0.3 is 10.4 Å². The van der Waals surface area contributed by atoms with E-state index in [2.05, 4.69) is 10.2 Å². The first-order chi connectivity index (χ1) is 6.74. The van der Waals surface area contributed by atoms with Crippen molar-refractivity contribution >= 4 is 0 Å². The van der Waals surface area contributed by atoms with Crippen LogP contribution in [0.5, 0.6) is 0 Å². The molecule has 2 aliphatic rings. The predicted octanol–water partition coefficient (Wildman–Crippen LogP) is 0.584. The number of β-amino-alcohol motifs (C(OH)–C–C–N with tert-alkyl or cyclic N) is 1. The van der Waals surface area contributed by atoms with E-state index in [-0.39, 0.29) is 6.10 Å². The van der Waals surface area contributed by atoms with Gasteiger partial charge in [0.2, 0.25) is 0 Å². The van der Waals surface area contributed by atoms with Crippen molar-refractivity contribution in [2.75, 3.05) is 19.6 Å². The summed E-state index contributed by atoms with van der Waals surface area (Å²) in [5, 5.41) is 13.0. The lowest BCUT2D eigenvalue weighted by Gasteiger charge is -2.33. The number of likely N-dealkylation sites (tertiary alicyclic amines) is 1. The highest BCUT2D eigenvalue weighted by molar-refractivity contribution is 4.88. The Hall–Kier alpha value is -0.120. The molecule has 0 aromatic carbocycles. The van der Waals surface area contributed by atoms with E-state index in [0.717, 1.165) is 25.7 Å². The summed E-state index contributed by atoms with van der Waals surface area (Å²) in [6, 6.07) is 1.49. The number of nitrogens with one attached hydrogen (secondary N) is 1. The van der Waals surface area contributed by atoms with Gasteiger partial charge in [0.15, 0.2) is 0 Å². The largest absolute Gasteiger partial charge is 0.392 e. The SMILES string of the molecule is CC(O)CN1CCCC(NC2CC2)C1. The Labute approximate surface area is 86.5 Å². The number of hydrogen-bond donors (Lipinski definition) is 2. The zero-order valence-electron chi connectivity index (χ0n) is 9.08. The highest BCUT2D eigenvalue weighted by Crippen LogP contribution is 2.21. The smallest absolute Gasteiger partial charge is 0.0639 e. The van der Waals surface area contributed by atoms with Crippen molar-refractivity contribution in [2.45, 2.75) is 50.8 Å². The molecule has 2 N–H and O–H groups in total. The van der Waals surface area contributed by atoms with Crippen LogP contribution >= 0.6 is 0 Å². The topological polar surface area (TPSA) is 35.5 Å². The van der Waals surface area contributed by atoms with Gasteiger partial charge in [-0.3, -0.25) is 4.90 Å². The van der Waals surface area contributed by atoms with Gasteiger partial charge in [0, 0.05) is 25.2 Å². The van der Waals surface area contributed by atoms with Crippen LogP contribution in [0.2, 0.25) is 0 Å². The third kappa shape index (κ3) is 3.23.